The highest BCUT2D eigenvalue weighted by atomic mass is 16.5. The van der Waals surface area contributed by atoms with E-state index in [9.17, 15) is 9.59 Å². The first-order chi connectivity index (χ1) is 8.20. The topological polar surface area (TPSA) is 67.2 Å². The fourth-order valence-electron chi connectivity index (χ4n) is 1.43. The van der Waals surface area contributed by atoms with E-state index in [2.05, 4.69) is 6.92 Å². The molecule has 4 heteroatoms. The molecule has 0 aliphatic heterocycles. The summed E-state index contributed by atoms with van der Waals surface area (Å²) in [4.78, 5) is 22.0. The van der Waals surface area contributed by atoms with Crippen LogP contribution < -0.4 is 0 Å². The molecule has 0 radical (unpaired) electrons. The number of ketones is 1. The largest absolute Gasteiger partial charge is 0.465 e. The highest BCUT2D eigenvalue weighted by Crippen LogP contribution is 2.05. The average Bonchev–Trinajstić information content (AvgIpc) is 2.28. The predicted octanol–water partition coefficient (Wildman–Crippen LogP) is 2.76. The Morgan fingerprint density at radius 1 is 1.12 bits per heavy atom. The molecule has 0 aromatic carbocycles. The van der Waals surface area contributed by atoms with Gasteiger partial charge in [0.25, 0.3) is 0 Å². The second-order valence-electron chi connectivity index (χ2n) is 4.04. The maximum absolute atomic E-state index is 11.1. The van der Waals surface area contributed by atoms with Gasteiger partial charge in [0.15, 0.2) is 5.78 Å². The summed E-state index contributed by atoms with van der Waals surface area (Å²) in [7, 11) is 0. The number of hydrogen-bond acceptors (Lipinski definition) is 4. The van der Waals surface area contributed by atoms with Gasteiger partial charge in [0, 0.05) is 0 Å². The number of carbonyl (C=O) groups excluding carboxylic acids is 2. The van der Waals surface area contributed by atoms with E-state index in [4.69, 9.17) is 10.00 Å². The van der Waals surface area contributed by atoms with Crippen molar-refractivity contribution in [3.05, 3.63) is 0 Å². The molecule has 0 aliphatic rings. The van der Waals surface area contributed by atoms with Crippen LogP contribution in [-0.4, -0.2) is 18.4 Å². The molecule has 0 heterocycles. The summed E-state index contributed by atoms with van der Waals surface area (Å²) < 4.78 is 4.90. The Hall–Kier alpha value is -1.37. The molecule has 0 atom stereocenters. The minimum absolute atomic E-state index is 0.216. The first-order valence-electron chi connectivity index (χ1n) is 6.25. The highest BCUT2D eigenvalue weighted by Gasteiger charge is 2.09. The molecule has 0 unspecified atom stereocenters. The van der Waals surface area contributed by atoms with E-state index in [1.165, 1.54) is 25.7 Å². The van der Waals surface area contributed by atoms with Gasteiger partial charge in [0.1, 0.15) is 6.42 Å². The highest BCUT2D eigenvalue weighted by molar-refractivity contribution is 5.96. The molecule has 0 aromatic rings. The van der Waals surface area contributed by atoms with Crippen LogP contribution in [0.3, 0.4) is 0 Å². The van der Waals surface area contributed by atoms with Gasteiger partial charge in [-0.25, -0.2) is 0 Å². The summed E-state index contributed by atoms with van der Waals surface area (Å²) in [6, 6.07) is 1.71. The Morgan fingerprint density at radius 3 is 2.41 bits per heavy atom. The minimum atomic E-state index is -0.515. The van der Waals surface area contributed by atoms with Crippen molar-refractivity contribution in [2.75, 3.05) is 6.61 Å². The van der Waals surface area contributed by atoms with Crippen molar-refractivity contribution < 1.29 is 14.3 Å². The first kappa shape index (κ1) is 15.6. The monoisotopic (exact) mass is 239 g/mol. The van der Waals surface area contributed by atoms with Gasteiger partial charge in [-0.15, -0.1) is 0 Å². The number of nitrogens with zero attached hydrogens (tertiary/aromatic N) is 1. The second-order valence-corrected chi connectivity index (χ2v) is 4.04. The van der Waals surface area contributed by atoms with E-state index in [-0.39, 0.29) is 18.6 Å². The molecule has 0 rings (SSSR count). The molecule has 4 nitrogen and oxygen atoms in total. The number of ether oxygens (including phenoxy) is 1. The van der Waals surface area contributed by atoms with Crippen LogP contribution in [0.2, 0.25) is 0 Å². The number of Topliss-reactive ketones (excluding diaryl/α,β-unsaturated/α-hetero) is 1. The molecule has 0 aliphatic carbocycles. The van der Waals surface area contributed by atoms with Gasteiger partial charge < -0.3 is 4.74 Å². The lowest BCUT2D eigenvalue weighted by molar-refractivity contribution is -0.146. The van der Waals surface area contributed by atoms with Crippen LogP contribution in [0.4, 0.5) is 0 Å². The maximum atomic E-state index is 11.1. The van der Waals surface area contributed by atoms with E-state index in [0.29, 0.717) is 6.61 Å². The summed E-state index contributed by atoms with van der Waals surface area (Å²) in [6.45, 7) is 2.55. The molecule has 0 fully saturated rings. The van der Waals surface area contributed by atoms with E-state index >= 15 is 0 Å². The molecular formula is C13H21NO3. The van der Waals surface area contributed by atoms with Gasteiger partial charge in [-0.1, -0.05) is 39.0 Å². The predicted molar refractivity (Wildman–Crippen MR) is 64.2 cm³/mol. The number of rotatable bonds is 10. The van der Waals surface area contributed by atoms with Gasteiger partial charge >= 0.3 is 5.97 Å². The van der Waals surface area contributed by atoms with Gasteiger partial charge in [0.2, 0.25) is 0 Å². The van der Waals surface area contributed by atoms with E-state index in [1.807, 2.05) is 0 Å². The molecule has 0 N–H and O–H groups in total. The first-order valence-corrected chi connectivity index (χ1v) is 6.25. The van der Waals surface area contributed by atoms with Crippen LogP contribution in [0, 0.1) is 11.3 Å². The zero-order valence-electron chi connectivity index (χ0n) is 10.5. The van der Waals surface area contributed by atoms with Crippen LogP contribution in [0.25, 0.3) is 0 Å². The zero-order chi connectivity index (χ0) is 12.9. The van der Waals surface area contributed by atoms with E-state index in [0.717, 1.165) is 12.8 Å². The molecular weight excluding hydrogens is 218 g/mol. The summed E-state index contributed by atoms with van der Waals surface area (Å²) in [5.74, 6) is -0.890. The molecule has 96 valence electrons. The standard InChI is InChI=1S/C13H21NO3/c1-2-3-4-5-6-7-10-17-13(16)11-12(15)8-9-14/h2-8,10-11H2,1H3. The average molecular weight is 239 g/mol. The fourth-order valence-corrected chi connectivity index (χ4v) is 1.43. The number of unbranched alkanes of at least 4 members (excludes halogenated alkanes) is 5. The lowest BCUT2D eigenvalue weighted by atomic mass is 10.1. The van der Waals surface area contributed by atoms with E-state index in [1.54, 1.807) is 6.07 Å². The van der Waals surface area contributed by atoms with Crippen molar-refractivity contribution in [3.8, 4) is 6.07 Å². The third kappa shape index (κ3) is 10.9. The lowest BCUT2D eigenvalue weighted by Gasteiger charge is -2.03. The Balaban J connectivity index is 3.34. The lowest BCUT2D eigenvalue weighted by Crippen LogP contribution is -2.11. The maximum Gasteiger partial charge on any atom is 0.313 e. The zero-order valence-corrected chi connectivity index (χ0v) is 10.5. The molecule has 0 aromatic heterocycles. The summed E-state index contributed by atoms with van der Waals surface area (Å²) in [6.07, 6.45) is 6.28. The van der Waals surface area contributed by atoms with Crippen molar-refractivity contribution in [2.45, 2.75) is 58.3 Å². The second kappa shape index (κ2) is 11.1. The molecule has 0 amide bonds. The Labute approximate surface area is 103 Å². The third-order valence-electron chi connectivity index (χ3n) is 2.38. The molecule has 0 bridgehead atoms. The van der Waals surface area contributed by atoms with Crippen LogP contribution in [0.5, 0.6) is 0 Å². The third-order valence-corrected chi connectivity index (χ3v) is 2.38. The Bertz CT molecular complexity index is 268. The van der Waals surface area contributed by atoms with E-state index < -0.39 is 5.97 Å². The van der Waals surface area contributed by atoms with Gasteiger partial charge in [-0.05, 0) is 6.42 Å². The van der Waals surface area contributed by atoms with Crippen molar-refractivity contribution in [3.63, 3.8) is 0 Å². The number of esters is 1. The van der Waals surface area contributed by atoms with Gasteiger partial charge in [0.05, 0.1) is 19.1 Å². The number of carbonyl (C=O) groups is 2. The molecule has 0 saturated carbocycles. The van der Waals surface area contributed by atoms with Crippen molar-refractivity contribution in [1.29, 1.82) is 5.26 Å². The fraction of sp³-hybridized carbons (Fsp3) is 0.769. The number of hydrogen-bond donors (Lipinski definition) is 0. The molecule has 0 saturated heterocycles. The van der Waals surface area contributed by atoms with Gasteiger partial charge in [-0.2, -0.15) is 5.26 Å². The summed E-state index contributed by atoms with van der Waals surface area (Å²) >= 11 is 0. The SMILES string of the molecule is CCCCCCCCOC(=O)CC(=O)CC#N. The smallest absolute Gasteiger partial charge is 0.313 e. The summed E-state index contributed by atoms with van der Waals surface area (Å²) in [5.41, 5.74) is 0. The normalized spacial score (nSPS) is 9.65. The van der Waals surface area contributed by atoms with Crippen molar-refractivity contribution >= 4 is 11.8 Å². The van der Waals surface area contributed by atoms with Crippen LogP contribution in [-0.2, 0) is 14.3 Å². The van der Waals surface area contributed by atoms with Crippen LogP contribution in [0.1, 0.15) is 58.3 Å². The Kier molecular flexibility index (Phi) is 10.2. The van der Waals surface area contributed by atoms with Crippen molar-refractivity contribution in [1.82, 2.24) is 0 Å². The quantitative estimate of drug-likeness (QED) is 0.334. The summed E-state index contributed by atoms with van der Waals surface area (Å²) in [5, 5.41) is 8.24. The molecule has 0 spiro atoms. The Morgan fingerprint density at radius 2 is 1.76 bits per heavy atom. The number of nitriles is 1. The minimum Gasteiger partial charge on any atom is -0.465 e. The van der Waals surface area contributed by atoms with Gasteiger partial charge in [-0.3, -0.25) is 9.59 Å². The van der Waals surface area contributed by atoms with Crippen molar-refractivity contribution in [2.24, 2.45) is 0 Å². The molecule has 17 heavy (non-hydrogen) atoms. The van der Waals surface area contributed by atoms with Crippen LogP contribution >= 0.6 is 0 Å². The van der Waals surface area contributed by atoms with Crippen LogP contribution in [0.15, 0.2) is 0 Å².